The molecule has 0 aliphatic carbocycles. The molecule has 1 amide bonds. The molecule has 2 rings (SSSR count). The molecule has 0 bridgehead atoms. The van der Waals surface area contributed by atoms with E-state index in [9.17, 15) is 4.79 Å². The molecule has 1 aliphatic rings. The first kappa shape index (κ1) is 7.76. The molecule has 2 heterocycles. The lowest BCUT2D eigenvalue weighted by atomic mass is 10.1. The van der Waals surface area contributed by atoms with Gasteiger partial charge in [-0.15, -0.1) is 11.3 Å². The summed E-state index contributed by atoms with van der Waals surface area (Å²) in [5.41, 5.74) is 6.21. The quantitative estimate of drug-likeness (QED) is 0.704. The Morgan fingerprint density at radius 3 is 3.17 bits per heavy atom. The van der Waals surface area contributed by atoms with E-state index in [0.717, 1.165) is 18.6 Å². The van der Waals surface area contributed by atoms with E-state index in [1.165, 1.54) is 11.3 Å². The number of hydrogen-bond acceptors (Lipinski definition) is 3. The highest BCUT2D eigenvalue weighted by Gasteiger charge is 2.24. The van der Waals surface area contributed by atoms with Crippen LogP contribution >= 0.6 is 11.3 Å². The molecular formula is C8H9NO2S. The summed E-state index contributed by atoms with van der Waals surface area (Å²) in [5.74, 6) is -0.333. The van der Waals surface area contributed by atoms with Crippen molar-refractivity contribution in [3.8, 4) is 0 Å². The number of ether oxygens (including phenoxy) is 1. The second-order valence-electron chi connectivity index (χ2n) is 2.80. The molecular weight excluding hydrogens is 174 g/mol. The highest BCUT2D eigenvalue weighted by molar-refractivity contribution is 7.12. The van der Waals surface area contributed by atoms with Crippen molar-refractivity contribution in [2.45, 2.75) is 12.5 Å². The Balaban J connectivity index is 2.17. The van der Waals surface area contributed by atoms with Gasteiger partial charge < -0.3 is 10.5 Å². The molecule has 1 aromatic rings. The lowest BCUT2D eigenvalue weighted by molar-refractivity contribution is 0.100. The van der Waals surface area contributed by atoms with E-state index in [4.69, 9.17) is 10.5 Å². The predicted molar refractivity (Wildman–Crippen MR) is 46.3 cm³/mol. The topological polar surface area (TPSA) is 55.6 Å². The van der Waals surface area contributed by atoms with Crippen molar-refractivity contribution in [2.75, 3.05) is 6.61 Å². The van der Waals surface area contributed by atoms with Gasteiger partial charge in [-0.3, -0.25) is 4.79 Å². The average Bonchev–Trinajstić information content (AvgIpc) is 2.66. The molecule has 1 fully saturated rings. The SMILES string of the molecule is NC(=O)c1sccc1CC1CO1. The summed E-state index contributed by atoms with van der Waals surface area (Å²) in [5, 5.41) is 1.89. The van der Waals surface area contributed by atoms with Crippen LogP contribution in [-0.4, -0.2) is 18.6 Å². The molecule has 1 aliphatic heterocycles. The fraction of sp³-hybridized carbons (Fsp3) is 0.375. The molecule has 4 heteroatoms. The van der Waals surface area contributed by atoms with Crippen molar-refractivity contribution in [3.63, 3.8) is 0 Å². The first-order valence-corrected chi connectivity index (χ1v) is 4.63. The first-order valence-electron chi connectivity index (χ1n) is 3.75. The molecule has 1 aromatic heterocycles. The van der Waals surface area contributed by atoms with Gasteiger partial charge in [0.15, 0.2) is 0 Å². The number of carbonyl (C=O) groups is 1. The Morgan fingerprint density at radius 2 is 2.58 bits per heavy atom. The maximum Gasteiger partial charge on any atom is 0.259 e. The second kappa shape index (κ2) is 2.88. The van der Waals surface area contributed by atoms with Crippen molar-refractivity contribution in [2.24, 2.45) is 5.73 Å². The van der Waals surface area contributed by atoms with Crippen LogP contribution in [0, 0.1) is 0 Å². The van der Waals surface area contributed by atoms with Gasteiger partial charge in [0.1, 0.15) is 0 Å². The minimum atomic E-state index is -0.333. The molecule has 1 unspecified atom stereocenters. The number of thiophene rings is 1. The normalized spacial score (nSPS) is 20.8. The van der Waals surface area contributed by atoms with Crippen LogP contribution in [0.4, 0.5) is 0 Å². The number of hydrogen-bond donors (Lipinski definition) is 1. The number of carbonyl (C=O) groups excluding carboxylic acids is 1. The zero-order valence-corrected chi connectivity index (χ0v) is 7.26. The van der Waals surface area contributed by atoms with Gasteiger partial charge >= 0.3 is 0 Å². The Kier molecular flexibility index (Phi) is 1.86. The monoisotopic (exact) mass is 183 g/mol. The van der Waals surface area contributed by atoms with Crippen LogP contribution in [0.5, 0.6) is 0 Å². The summed E-state index contributed by atoms with van der Waals surface area (Å²) in [4.78, 5) is 11.5. The molecule has 1 atom stereocenters. The van der Waals surface area contributed by atoms with E-state index in [-0.39, 0.29) is 5.91 Å². The fourth-order valence-electron chi connectivity index (χ4n) is 1.14. The van der Waals surface area contributed by atoms with E-state index >= 15 is 0 Å². The number of nitrogens with two attached hydrogens (primary N) is 1. The first-order chi connectivity index (χ1) is 5.77. The Bertz CT molecular complexity index is 304. The minimum Gasteiger partial charge on any atom is -0.373 e. The average molecular weight is 183 g/mol. The third-order valence-corrected chi connectivity index (χ3v) is 2.79. The summed E-state index contributed by atoms with van der Waals surface area (Å²) in [6.45, 7) is 0.814. The van der Waals surface area contributed by atoms with Crippen LogP contribution in [0.25, 0.3) is 0 Å². The fourth-order valence-corrected chi connectivity index (χ4v) is 1.93. The van der Waals surface area contributed by atoms with Gasteiger partial charge in [-0.25, -0.2) is 0 Å². The molecule has 0 saturated carbocycles. The molecule has 0 aromatic carbocycles. The van der Waals surface area contributed by atoms with Crippen molar-refractivity contribution in [1.82, 2.24) is 0 Å². The molecule has 2 N–H and O–H groups in total. The standard InChI is InChI=1S/C8H9NO2S/c9-8(10)7-5(1-2-12-7)3-6-4-11-6/h1-2,6H,3-4H2,(H2,9,10). The summed E-state index contributed by atoms with van der Waals surface area (Å²) >= 11 is 1.40. The Labute approximate surface area is 74.1 Å². The largest absolute Gasteiger partial charge is 0.373 e. The van der Waals surface area contributed by atoms with Gasteiger partial charge in [-0.2, -0.15) is 0 Å². The van der Waals surface area contributed by atoms with E-state index in [0.29, 0.717) is 11.0 Å². The van der Waals surface area contributed by atoms with Gasteiger partial charge in [0.05, 0.1) is 17.6 Å². The molecule has 64 valence electrons. The van der Waals surface area contributed by atoms with E-state index < -0.39 is 0 Å². The number of primary amides is 1. The summed E-state index contributed by atoms with van der Waals surface area (Å²) in [6, 6.07) is 1.94. The van der Waals surface area contributed by atoms with Gasteiger partial charge in [0, 0.05) is 6.42 Å². The molecule has 1 saturated heterocycles. The predicted octanol–water partition coefficient (Wildman–Crippen LogP) is 0.788. The molecule has 0 radical (unpaired) electrons. The van der Waals surface area contributed by atoms with Gasteiger partial charge in [0.25, 0.3) is 5.91 Å². The van der Waals surface area contributed by atoms with Crippen molar-refractivity contribution < 1.29 is 9.53 Å². The number of epoxide rings is 1. The summed E-state index contributed by atoms with van der Waals surface area (Å²) < 4.78 is 5.07. The minimum absolute atomic E-state index is 0.317. The smallest absolute Gasteiger partial charge is 0.259 e. The maximum absolute atomic E-state index is 10.9. The lowest BCUT2D eigenvalue weighted by Crippen LogP contribution is -2.11. The summed E-state index contributed by atoms with van der Waals surface area (Å²) in [7, 11) is 0. The number of rotatable bonds is 3. The number of amides is 1. The zero-order valence-electron chi connectivity index (χ0n) is 6.45. The van der Waals surface area contributed by atoms with Crippen LogP contribution < -0.4 is 5.73 Å². The highest BCUT2D eigenvalue weighted by Crippen LogP contribution is 2.22. The van der Waals surface area contributed by atoms with E-state index in [1.807, 2.05) is 11.4 Å². The van der Waals surface area contributed by atoms with E-state index in [1.54, 1.807) is 0 Å². The van der Waals surface area contributed by atoms with E-state index in [2.05, 4.69) is 0 Å². The van der Waals surface area contributed by atoms with Crippen LogP contribution in [0.2, 0.25) is 0 Å². The molecule has 0 spiro atoms. The van der Waals surface area contributed by atoms with Gasteiger partial charge in [-0.05, 0) is 17.0 Å². The third kappa shape index (κ3) is 1.49. The Morgan fingerprint density at radius 1 is 1.83 bits per heavy atom. The maximum atomic E-state index is 10.9. The zero-order chi connectivity index (χ0) is 8.55. The Hall–Kier alpha value is -0.870. The van der Waals surface area contributed by atoms with Crippen LogP contribution in [0.3, 0.4) is 0 Å². The second-order valence-corrected chi connectivity index (χ2v) is 3.71. The van der Waals surface area contributed by atoms with Crippen molar-refractivity contribution in [1.29, 1.82) is 0 Å². The van der Waals surface area contributed by atoms with Crippen LogP contribution in [0.15, 0.2) is 11.4 Å². The van der Waals surface area contributed by atoms with Crippen LogP contribution in [-0.2, 0) is 11.2 Å². The van der Waals surface area contributed by atoms with Gasteiger partial charge in [0.2, 0.25) is 0 Å². The van der Waals surface area contributed by atoms with Crippen molar-refractivity contribution >= 4 is 17.2 Å². The molecule has 3 nitrogen and oxygen atoms in total. The van der Waals surface area contributed by atoms with Crippen LogP contribution in [0.1, 0.15) is 15.2 Å². The third-order valence-electron chi connectivity index (χ3n) is 1.82. The summed E-state index contributed by atoms with van der Waals surface area (Å²) in [6.07, 6.45) is 1.14. The van der Waals surface area contributed by atoms with Crippen molar-refractivity contribution in [3.05, 3.63) is 21.9 Å². The van der Waals surface area contributed by atoms with Gasteiger partial charge in [-0.1, -0.05) is 0 Å². The molecule has 12 heavy (non-hydrogen) atoms. The lowest BCUT2D eigenvalue weighted by Gasteiger charge is -1.95. The highest BCUT2D eigenvalue weighted by atomic mass is 32.1.